The third kappa shape index (κ3) is 5.07. The third-order valence-electron chi connectivity index (χ3n) is 4.34. The molecule has 0 spiro atoms. The van der Waals surface area contributed by atoms with Crippen LogP contribution in [0.15, 0.2) is 54.7 Å². The molecule has 0 aliphatic heterocycles. The highest BCUT2D eigenvalue weighted by molar-refractivity contribution is 7.90. The highest BCUT2D eigenvalue weighted by Gasteiger charge is 2.18. The van der Waals surface area contributed by atoms with Gasteiger partial charge < -0.3 is 4.90 Å². The van der Waals surface area contributed by atoms with Crippen molar-refractivity contribution in [3.8, 4) is 0 Å². The molecule has 1 amide bonds. The Labute approximate surface area is 169 Å². The van der Waals surface area contributed by atoms with Gasteiger partial charge in [0.15, 0.2) is 5.65 Å². The van der Waals surface area contributed by atoms with Crippen molar-refractivity contribution < 1.29 is 13.2 Å². The largest absolute Gasteiger partial charge is 0.308 e. The van der Waals surface area contributed by atoms with Gasteiger partial charge in [0.2, 0.25) is 10.0 Å². The average molecular weight is 414 g/mol. The van der Waals surface area contributed by atoms with Crippen LogP contribution < -0.4 is 9.62 Å². The summed E-state index contributed by atoms with van der Waals surface area (Å²) in [5, 5.41) is 7.24. The number of aromatic amines is 1. The Bertz CT molecular complexity index is 1110. The molecule has 0 bridgehead atoms. The van der Waals surface area contributed by atoms with Gasteiger partial charge in [-0.05, 0) is 44.2 Å². The topological polar surface area (TPSA) is 108 Å². The number of nitrogens with one attached hydrogen (secondary N) is 2. The fourth-order valence-corrected chi connectivity index (χ4v) is 3.39. The highest BCUT2D eigenvalue weighted by atomic mass is 32.2. The van der Waals surface area contributed by atoms with Gasteiger partial charge in [-0.25, -0.2) is 18.1 Å². The average Bonchev–Trinajstić information content (AvgIpc) is 3.13. The van der Waals surface area contributed by atoms with Crippen molar-refractivity contribution in [1.29, 1.82) is 0 Å². The highest BCUT2D eigenvalue weighted by Crippen LogP contribution is 2.16. The molecular weight excluding hydrogens is 390 g/mol. The maximum Gasteiger partial charge on any atom is 0.251 e. The summed E-state index contributed by atoms with van der Waals surface area (Å²) in [5.74, 6) is -0.272. The van der Waals surface area contributed by atoms with Crippen LogP contribution in [0.25, 0.3) is 17.1 Å². The molecular formula is C20H23N5O3S. The van der Waals surface area contributed by atoms with Gasteiger partial charge in [0, 0.05) is 36.4 Å². The Morgan fingerprint density at radius 1 is 1.21 bits per heavy atom. The molecule has 1 aromatic carbocycles. The normalized spacial score (nSPS) is 12.1. The summed E-state index contributed by atoms with van der Waals surface area (Å²) in [6, 6.07) is 12.8. The standard InChI is InChI=1S/C20H23N5O3S/c1-15(2)29(27,28)22-13-14-25(16-7-4-3-5-8-16)19(26)11-10-18-17-9-6-12-21-20(17)24-23-18/h3-12,15,22H,13-14H2,1-2H3,(H,21,23,24)/b11-10+. The summed E-state index contributed by atoms with van der Waals surface area (Å²) in [6.45, 7) is 3.53. The van der Waals surface area contributed by atoms with E-state index in [1.807, 2.05) is 24.3 Å². The van der Waals surface area contributed by atoms with Crippen LogP contribution in [0.4, 0.5) is 5.69 Å². The summed E-state index contributed by atoms with van der Waals surface area (Å²) in [6.07, 6.45) is 4.73. The van der Waals surface area contributed by atoms with Crippen LogP contribution >= 0.6 is 0 Å². The zero-order chi connectivity index (χ0) is 20.9. The number of hydrogen-bond acceptors (Lipinski definition) is 5. The molecule has 0 saturated heterocycles. The first-order valence-corrected chi connectivity index (χ1v) is 10.8. The van der Waals surface area contributed by atoms with E-state index in [2.05, 4.69) is 19.9 Å². The van der Waals surface area contributed by atoms with E-state index in [9.17, 15) is 13.2 Å². The maximum atomic E-state index is 12.9. The van der Waals surface area contributed by atoms with E-state index in [0.29, 0.717) is 17.0 Å². The van der Waals surface area contributed by atoms with E-state index in [0.717, 1.165) is 5.39 Å². The monoisotopic (exact) mass is 413 g/mol. The number of carbonyl (C=O) groups excluding carboxylic acids is 1. The van der Waals surface area contributed by atoms with E-state index in [-0.39, 0.29) is 19.0 Å². The van der Waals surface area contributed by atoms with Gasteiger partial charge in [-0.1, -0.05) is 18.2 Å². The molecule has 0 fully saturated rings. The minimum atomic E-state index is -3.40. The molecule has 0 atom stereocenters. The van der Waals surface area contributed by atoms with Gasteiger partial charge in [-0.3, -0.25) is 9.89 Å². The summed E-state index contributed by atoms with van der Waals surface area (Å²) >= 11 is 0. The third-order valence-corrected chi connectivity index (χ3v) is 6.19. The van der Waals surface area contributed by atoms with Crippen LogP contribution in [0, 0.1) is 0 Å². The molecule has 0 aliphatic carbocycles. The summed E-state index contributed by atoms with van der Waals surface area (Å²) in [7, 11) is -3.40. The van der Waals surface area contributed by atoms with Crippen LogP contribution in [0.1, 0.15) is 19.5 Å². The number of fused-ring (bicyclic) bond motifs is 1. The van der Waals surface area contributed by atoms with E-state index in [1.54, 1.807) is 44.3 Å². The molecule has 8 nitrogen and oxygen atoms in total. The van der Waals surface area contributed by atoms with E-state index >= 15 is 0 Å². The smallest absolute Gasteiger partial charge is 0.251 e. The molecule has 152 valence electrons. The summed E-state index contributed by atoms with van der Waals surface area (Å²) in [4.78, 5) is 18.6. The number of benzene rings is 1. The molecule has 0 aliphatic rings. The van der Waals surface area contributed by atoms with Gasteiger partial charge in [-0.15, -0.1) is 0 Å². The Morgan fingerprint density at radius 2 is 1.97 bits per heavy atom. The van der Waals surface area contributed by atoms with E-state index in [4.69, 9.17) is 0 Å². The molecule has 3 rings (SSSR count). The van der Waals surface area contributed by atoms with Gasteiger partial charge in [0.05, 0.1) is 10.9 Å². The maximum absolute atomic E-state index is 12.9. The number of aromatic nitrogens is 3. The van der Waals surface area contributed by atoms with Crippen molar-refractivity contribution in [3.05, 3.63) is 60.4 Å². The molecule has 0 saturated carbocycles. The fraction of sp³-hybridized carbons (Fsp3) is 0.250. The molecule has 3 aromatic rings. The number of para-hydroxylation sites is 1. The first-order chi connectivity index (χ1) is 13.9. The van der Waals surface area contributed by atoms with E-state index in [1.165, 1.54) is 11.0 Å². The van der Waals surface area contributed by atoms with Gasteiger partial charge in [0.25, 0.3) is 5.91 Å². The molecule has 0 unspecified atom stereocenters. The SMILES string of the molecule is CC(C)S(=O)(=O)NCCN(C(=O)/C=C/c1[nH]nc2ncccc12)c1ccccc1. The number of rotatable bonds is 8. The first-order valence-electron chi connectivity index (χ1n) is 9.20. The number of carbonyl (C=O) groups is 1. The zero-order valence-electron chi connectivity index (χ0n) is 16.2. The van der Waals surface area contributed by atoms with Crippen molar-refractivity contribution in [2.45, 2.75) is 19.1 Å². The van der Waals surface area contributed by atoms with E-state index < -0.39 is 15.3 Å². The van der Waals surface area contributed by atoms with Gasteiger partial charge in [-0.2, -0.15) is 5.10 Å². The molecule has 2 N–H and O–H groups in total. The number of sulfonamides is 1. The second-order valence-corrected chi connectivity index (χ2v) is 8.98. The number of anilines is 1. The number of amides is 1. The van der Waals surface area contributed by atoms with Crippen LogP contribution in [0.2, 0.25) is 0 Å². The van der Waals surface area contributed by atoms with Crippen LogP contribution in [-0.4, -0.2) is 47.8 Å². The molecule has 29 heavy (non-hydrogen) atoms. The van der Waals surface area contributed by atoms with Crippen LogP contribution in [-0.2, 0) is 14.8 Å². The Morgan fingerprint density at radius 3 is 2.69 bits per heavy atom. The van der Waals surface area contributed by atoms with Crippen LogP contribution in [0.5, 0.6) is 0 Å². The second kappa shape index (κ2) is 8.97. The Balaban J connectivity index is 1.77. The molecule has 2 aromatic heterocycles. The number of nitrogens with zero attached hydrogens (tertiary/aromatic N) is 3. The Hall–Kier alpha value is -3.04. The number of hydrogen-bond donors (Lipinski definition) is 2. The molecule has 2 heterocycles. The predicted octanol–water partition coefficient (Wildman–Crippen LogP) is 2.33. The Kier molecular flexibility index (Phi) is 6.40. The quantitative estimate of drug-likeness (QED) is 0.551. The van der Waals surface area contributed by atoms with Crippen molar-refractivity contribution in [2.24, 2.45) is 0 Å². The molecule has 0 radical (unpaired) electrons. The summed E-state index contributed by atoms with van der Waals surface area (Å²) in [5.41, 5.74) is 1.93. The lowest BCUT2D eigenvalue weighted by Gasteiger charge is -2.22. The number of pyridine rings is 1. The lowest BCUT2D eigenvalue weighted by molar-refractivity contribution is -0.114. The van der Waals surface area contributed by atoms with Crippen molar-refractivity contribution in [2.75, 3.05) is 18.0 Å². The minimum Gasteiger partial charge on any atom is -0.308 e. The molecule has 9 heteroatoms. The first kappa shape index (κ1) is 20.7. The fourth-order valence-electron chi connectivity index (χ4n) is 2.68. The lowest BCUT2D eigenvalue weighted by atomic mass is 10.2. The summed E-state index contributed by atoms with van der Waals surface area (Å²) < 4.78 is 26.5. The van der Waals surface area contributed by atoms with Crippen molar-refractivity contribution in [3.63, 3.8) is 0 Å². The van der Waals surface area contributed by atoms with Crippen LogP contribution in [0.3, 0.4) is 0 Å². The lowest BCUT2D eigenvalue weighted by Crippen LogP contribution is -2.40. The van der Waals surface area contributed by atoms with Gasteiger partial charge in [0.1, 0.15) is 0 Å². The predicted molar refractivity (Wildman–Crippen MR) is 114 cm³/mol. The van der Waals surface area contributed by atoms with Gasteiger partial charge >= 0.3 is 0 Å². The number of H-pyrrole nitrogens is 1. The zero-order valence-corrected chi connectivity index (χ0v) is 17.1. The van der Waals surface area contributed by atoms with Crippen molar-refractivity contribution >= 4 is 38.7 Å². The minimum absolute atomic E-state index is 0.117. The second-order valence-electron chi connectivity index (χ2n) is 6.66. The van der Waals surface area contributed by atoms with Crippen molar-refractivity contribution in [1.82, 2.24) is 19.9 Å².